The summed E-state index contributed by atoms with van der Waals surface area (Å²) < 4.78 is 77.3. The largest absolute Gasteiger partial charge is 0.573 e. The van der Waals surface area contributed by atoms with Gasteiger partial charge in [-0.25, -0.2) is 0 Å². The maximum atomic E-state index is 12.4. The van der Waals surface area contributed by atoms with Crippen molar-refractivity contribution in [3.63, 3.8) is 0 Å². The quantitative estimate of drug-likeness (QED) is 0.442. The molecule has 0 aliphatic rings. The molecule has 9 heteroatoms. The van der Waals surface area contributed by atoms with E-state index >= 15 is 0 Å². The summed E-state index contributed by atoms with van der Waals surface area (Å²) in [5.41, 5.74) is -0.921. The third kappa shape index (κ3) is 5.63. The van der Waals surface area contributed by atoms with Crippen molar-refractivity contribution in [3.8, 4) is 5.75 Å². The van der Waals surface area contributed by atoms with Crippen LogP contribution in [0.5, 0.6) is 5.75 Å². The van der Waals surface area contributed by atoms with Gasteiger partial charge in [-0.05, 0) is 35.9 Å². The van der Waals surface area contributed by atoms with Crippen LogP contribution in [0.1, 0.15) is 21.6 Å². The van der Waals surface area contributed by atoms with Crippen LogP contribution in [0, 0.1) is 0 Å². The summed E-state index contributed by atoms with van der Waals surface area (Å²) in [6.07, 6.45) is -6.32. The molecule has 2 aromatic rings. The van der Waals surface area contributed by atoms with Gasteiger partial charge in [0.2, 0.25) is 0 Å². The van der Waals surface area contributed by atoms with Gasteiger partial charge in [0.25, 0.3) is 0 Å². The number of nitrogens with zero attached hydrogens (tertiary/aromatic N) is 1. The molecular formula is C16H9F6NO2. The highest BCUT2D eigenvalue weighted by atomic mass is 19.4. The third-order valence-electron chi connectivity index (χ3n) is 2.86. The van der Waals surface area contributed by atoms with Gasteiger partial charge in [-0.1, -0.05) is 18.2 Å². The van der Waals surface area contributed by atoms with Crippen molar-refractivity contribution in [2.45, 2.75) is 12.5 Å². The zero-order valence-electron chi connectivity index (χ0n) is 12.2. The zero-order valence-corrected chi connectivity index (χ0v) is 12.2. The van der Waals surface area contributed by atoms with Crippen LogP contribution < -0.4 is 4.74 Å². The number of rotatable bonds is 4. The molecule has 0 unspecified atom stereocenters. The van der Waals surface area contributed by atoms with Crippen LogP contribution in [0.3, 0.4) is 0 Å². The van der Waals surface area contributed by atoms with E-state index in [1.807, 2.05) is 0 Å². The zero-order chi connectivity index (χ0) is 18.7. The van der Waals surface area contributed by atoms with E-state index in [0.29, 0.717) is 0 Å². The van der Waals surface area contributed by atoms with Crippen molar-refractivity contribution in [1.29, 1.82) is 0 Å². The van der Waals surface area contributed by atoms with E-state index in [9.17, 15) is 31.1 Å². The lowest BCUT2D eigenvalue weighted by Crippen LogP contribution is -2.17. The van der Waals surface area contributed by atoms with Gasteiger partial charge in [0, 0.05) is 11.8 Å². The van der Waals surface area contributed by atoms with Crippen LogP contribution >= 0.6 is 0 Å². The Morgan fingerprint density at radius 1 is 1.04 bits per heavy atom. The Labute approximate surface area is 137 Å². The normalized spacial score (nSPS) is 12.4. The topological polar surface area (TPSA) is 39.2 Å². The molecule has 1 heterocycles. The molecule has 0 fully saturated rings. The Balaban J connectivity index is 2.11. The van der Waals surface area contributed by atoms with Gasteiger partial charge in [0.15, 0.2) is 5.78 Å². The predicted molar refractivity (Wildman–Crippen MR) is 75.7 cm³/mol. The van der Waals surface area contributed by atoms with Gasteiger partial charge in [-0.15, -0.1) is 13.2 Å². The number of ketones is 1. The maximum absolute atomic E-state index is 12.4. The number of hydrogen-bond acceptors (Lipinski definition) is 3. The molecule has 0 aliphatic carbocycles. The molecule has 25 heavy (non-hydrogen) atoms. The first-order valence-electron chi connectivity index (χ1n) is 6.66. The van der Waals surface area contributed by atoms with Crippen molar-refractivity contribution in [2.24, 2.45) is 0 Å². The lowest BCUT2D eigenvalue weighted by atomic mass is 10.1. The van der Waals surface area contributed by atoms with E-state index in [2.05, 4.69) is 9.72 Å². The summed E-state index contributed by atoms with van der Waals surface area (Å²) in [4.78, 5) is 15.2. The number of aromatic nitrogens is 1. The SMILES string of the molecule is O=C(C=Cc1ccc(C(F)(F)F)nc1)c1cccc(OC(F)(F)F)c1. The molecule has 0 spiro atoms. The van der Waals surface area contributed by atoms with Crippen LogP contribution in [0.2, 0.25) is 0 Å². The first-order valence-corrected chi connectivity index (χ1v) is 6.66. The lowest BCUT2D eigenvalue weighted by molar-refractivity contribution is -0.274. The van der Waals surface area contributed by atoms with Crippen molar-refractivity contribution in [1.82, 2.24) is 4.98 Å². The predicted octanol–water partition coefficient (Wildman–Crippen LogP) is 4.90. The number of carbonyl (C=O) groups is 1. The fourth-order valence-electron chi connectivity index (χ4n) is 1.79. The molecule has 3 nitrogen and oxygen atoms in total. The number of alkyl halides is 6. The van der Waals surface area contributed by atoms with Crippen molar-refractivity contribution < 1.29 is 35.9 Å². The highest BCUT2D eigenvalue weighted by Crippen LogP contribution is 2.27. The fourth-order valence-corrected chi connectivity index (χ4v) is 1.79. The monoisotopic (exact) mass is 361 g/mol. The van der Waals surface area contributed by atoms with Crippen LogP contribution in [0.15, 0.2) is 48.7 Å². The minimum absolute atomic E-state index is 0.0714. The highest BCUT2D eigenvalue weighted by Gasteiger charge is 2.32. The summed E-state index contributed by atoms with van der Waals surface area (Å²) in [6, 6.07) is 6.30. The van der Waals surface area contributed by atoms with Gasteiger partial charge in [-0.3, -0.25) is 9.78 Å². The molecule has 132 valence electrons. The second-order valence-corrected chi connectivity index (χ2v) is 4.75. The first-order chi connectivity index (χ1) is 11.5. The van der Waals surface area contributed by atoms with Crippen molar-refractivity contribution >= 4 is 11.9 Å². The van der Waals surface area contributed by atoms with Crippen LogP contribution in [-0.4, -0.2) is 17.1 Å². The van der Waals surface area contributed by atoms with E-state index in [4.69, 9.17) is 0 Å². The summed E-state index contributed by atoms with van der Waals surface area (Å²) in [5.74, 6) is -1.20. The molecule has 0 saturated heterocycles. The molecule has 0 atom stereocenters. The van der Waals surface area contributed by atoms with Gasteiger partial charge < -0.3 is 4.74 Å². The second kappa shape index (κ2) is 6.96. The maximum Gasteiger partial charge on any atom is 0.573 e. The smallest absolute Gasteiger partial charge is 0.406 e. The molecule has 0 N–H and O–H groups in total. The number of benzene rings is 1. The van der Waals surface area contributed by atoms with Crippen LogP contribution in [0.25, 0.3) is 6.08 Å². The van der Waals surface area contributed by atoms with E-state index in [-0.39, 0.29) is 11.1 Å². The number of hydrogen-bond donors (Lipinski definition) is 0. The van der Waals surface area contributed by atoms with Gasteiger partial charge >= 0.3 is 12.5 Å². The Morgan fingerprint density at radius 2 is 1.76 bits per heavy atom. The molecule has 0 amide bonds. The molecule has 0 radical (unpaired) electrons. The second-order valence-electron chi connectivity index (χ2n) is 4.75. The number of allylic oxidation sites excluding steroid dienone is 1. The average molecular weight is 361 g/mol. The number of halogens is 6. The minimum Gasteiger partial charge on any atom is -0.406 e. The van der Waals surface area contributed by atoms with Gasteiger partial charge in [0.05, 0.1) is 0 Å². The number of carbonyl (C=O) groups excluding carboxylic acids is 1. The molecule has 1 aromatic heterocycles. The third-order valence-corrected chi connectivity index (χ3v) is 2.86. The lowest BCUT2D eigenvalue weighted by Gasteiger charge is -2.09. The molecular weight excluding hydrogens is 352 g/mol. The van der Waals surface area contributed by atoms with E-state index < -0.39 is 29.8 Å². The molecule has 0 aliphatic heterocycles. The first kappa shape index (κ1) is 18.5. The Bertz CT molecular complexity index is 778. The van der Waals surface area contributed by atoms with Crippen LogP contribution in [0.4, 0.5) is 26.3 Å². The van der Waals surface area contributed by atoms with Crippen LogP contribution in [-0.2, 0) is 6.18 Å². The Morgan fingerprint density at radius 3 is 2.32 bits per heavy atom. The number of pyridine rings is 1. The van der Waals surface area contributed by atoms with E-state index in [1.165, 1.54) is 18.2 Å². The Kier molecular flexibility index (Phi) is 5.15. The molecule has 0 bridgehead atoms. The molecule has 2 rings (SSSR count). The standard InChI is InChI=1S/C16H9F6NO2/c17-15(18,19)14-7-5-10(9-23-14)4-6-13(24)11-2-1-3-12(8-11)25-16(20,21)22/h1-9H. The van der Waals surface area contributed by atoms with Gasteiger partial charge in [0.1, 0.15) is 11.4 Å². The molecule has 1 aromatic carbocycles. The summed E-state index contributed by atoms with van der Waals surface area (Å²) in [7, 11) is 0. The summed E-state index contributed by atoms with van der Waals surface area (Å²) in [6.45, 7) is 0. The van der Waals surface area contributed by atoms with Crippen molar-refractivity contribution in [3.05, 3.63) is 65.5 Å². The van der Waals surface area contributed by atoms with E-state index in [0.717, 1.165) is 36.5 Å². The van der Waals surface area contributed by atoms with Gasteiger partial charge in [-0.2, -0.15) is 13.2 Å². The molecule has 0 saturated carbocycles. The summed E-state index contributed by atoms with van der Waals surface area (Å²) >= 11 is 0. The highest BCUT2D eigenvalue weighted by molar-refractivity contribution is 6.07. The minimum atomic E-state index is -4.89. The fraction of sp³-hybridized carbons (Fsp3) is 0.125. The number of ether oxygens (including phenoxy) is 1. The van der Waals surface area contributed by atoms with E-state index in [1.54, 1.807) is 0 Å². The Hall–Kier alpha value is -2.84. The van der Waals surface area contributed by atoms with Crippen molar-refractivity contribution in [2.75, 3.05) is 0 Å². The average Bonchev–Trinajstić information content (AvgIpc) is 2.51. The summed E-state index contributed by atoms with van der Waals surface area (Å²) in [5, 5.41) is 0.